The Morgan fingerprint density at radius 1 is 1.35 bits per heavy atom. The molecular formula is C16H20FNO5. The first-order valence-corrected chi connectivity index (χ1v) is 7.30. The molecule has 0 bridgehead atoms. The van der Waals surface area contributed by atoms with Gasteiger partial charge in [0.1, 0.15) is 11.5 Å². The molecular weight excluding hydrogens is 305 g/mol. The number of alkyl halides is 1. The highest BCUT2D eigenvalue weighted by molar-refractivity contribution is 5.82. The summed E-state index contributed by atoms with van der Waals surface area (Å²) in [6, 6.07) is 5.30. The first kappa shape index (κ1) is 17.1. The first-order valence-electron chi connectivity index (χ1n) is 7.30. The molecule has 1 amide bonds. The molecule has 2 rings (SSSR count). The highest BCUT2D eigenvalue weighted by Crippen LogP contribution is 2.28. The molecule has 1 aliphatic rings. The van der Waals surface area contributed by atoms with Crippen LogP contribution in [-0.2, 0) is 16.0 Å². The summed E-state index contributed by atoms with van der Waals surface area (Å²) in [5.41, 5.74) is -1.52. The van der Waals surface area contributed by atoms with Gasteiger partial charge in [0.05, 0.1) is 20.8 Å². The van der Waals surface area contributed by atoms with Gasteiger partial charge in [0.2, 0.25) is 11.6 Å². The monoisotopic (exact) mass is 325 g/mol. The van der Waals surface area contributed by atoms with Crippen LogP contribution >= 0.6 is 0 Å². The topological polar surface area (TPSA) is 76.1 Å². The molecule has 1 fully saturated rings. The number of methoxy groups -OCH3 is 2. The smallest absolute Gasteiger partial charge is 0.343 e. The number of halogens is 1. The van der Waals surface area contributed by atoms with Crippen LogP contribution < -0.4 is 9.47 Å². The fourth-order valence-electron chi connectivity index (χ4n) is 2.64. The Bertz CT molecular complexity index is 606. The van der Waals surface area contributed by atoms with Crippen molar-refractivity contribution in [1.82, 2.24) is 4.90 Å². The SMILES string of the molecule is COc1ccc(OC)c(CCC(=O)N2CCC(F)(C(=O)O)C2)c1. The molecule has 0 aliphatic carbocycles. The van der Waals surface area contributed by atoms with Crippen molar-refractivity contribution in [2.75, 3.05) is 27.3 Å². The van der Waals surface area contributed by atoms with Crippen LogP contribution in [0.25, 0.3) is 0 Å². The minimum absolute atomic E-state index is 0.122. The minimum Gasteiger partial charge on any atom is -0.497 e. The predicted molar refractivity (Wildman–Crippen MR) is 80.5 cm³/mol. The second-order valence-corrected chi connectivity index (χ2v) is 5.51. The van der Waals surface area contributed by atoms with Gasteiger partial charge < -0.3 is 19.5 Å². The molecule has 7 heteroatoms. The molecule has 126 valence electrons. The summed E-state index contributed by atoms with van der Waals surface area (Å²) >= 11 is 0. The molecule has 1 aromatic carbocycles. The van der Waals surface area contributed by atoms with Crippen molar-refractivity contribution < 1.29 is 28.6 Å². The van der Waals surface area contributed by atoms with Crippen LogP contribution in [-0.4, -0.2) is 54.9 Å². The molecule has 1 N–H and O–H groups in total. The van der Waals surface area contributed by atoms with Crippen molar-refractivity contribution >= 4 is 11.9 Å². The van der Waals surface area contributed by atoms with E-state index in [9.17, 15) is 14.0 Å². The highest BCUT2D eigenvalue weighted by atomic mass is 19.1. The predicted octanol–water partition coefficient (Wildman–Crippen LogP) is 1.66. The van der Waals surface area contributed by atoms with E-state index in [1.165, 1.54) is 12.0 Å². The van der Waals surface area contributed by atoms with E-state index in [4.69, 9.17) is 14.6 Å². The fraction of sp³-hybridized carbons (Fsp3) is 0.500. The first-order chi connectivity index (χ1) is 10.9. The summed E-state index contributed by atoms with van der Waals surface area (Å²) in [7, 11) is 3.09. The zero-order chi connectivity index (χ0) is 17.0. The maximum atomic E-state index is 14.0. The molecule has 0 aromatic heterocycles. The number of carboxylic acids is 1. The summed E-state index contributed by atoms with van der Waals surface area (Å²) in [6.07, 6.45) is 0.387. The Balaban J connectivity index is 1.99. The number of carboxylic acid groups (broad SMARTS) is 1. The van der Waals surface area contributed by atoms with Crippen molar-refractivity contribution in [2.45, 2.75) is 24.9 Å². The van der Waals surface area contributed by atoms with E-state index < -0.39 is 18.2 Å². The quantitative estimate of drug-likeness (QED) is 0.861. The van der Waals surface area contributed by atoms with Gasteiger partial charge in [-0.15, -0.1) is 0 Å². The number of carbonyl (C=O) groups excluding carboxylic acids is 1. The van der Waals surface area contributed by atoms with Crippen molar-refractivity contribution in [2.24, 2.45) is 0 Å². The molecule has 1 unspecified atom stereocenters. The number of aryl methyl sites for hydroxylation is 1. The van der Waals surface area contributed by atoms with E-state index in [1.54, 1.807) is 25.3 Å². The normalized spacial score (nSPS) is 20.4. The second kappa shape index (κ2) is 6.85. The van der Waals surface area contributed by atoms with E-state index in [0.717, 1.165) is 5.56 Å². The number of aliphatic carboxylic acids is 1. The third-order valence-electron chi connectivity index (χ3n) is 4.05. The number of hydrogen-bond acceptors (Lipinski definition) is 4. The lowest BCUT2D eigenvalue weighted by Crippen LogP contribution is -2.38. The lowest BCUT2D eigenvalue weighted by molar-refractivity contribution is -0.150. The van der Waals surface area contributed by atoms with E-state index in [0.29, 0.717) is 17.9 Å². The molecule has 6 nitrogen and oxygen atoms in total. The Kier molecular flexibility index (Phi) is 5.08. The number of nitrogens with zero attached hydrogens (tertiary/aromatic N) is 1. The average molecular weight is 325 g/mol. The summed E-state index contributed by atoms with van der Waals surface area (Å²) in [5.74, 6) is -0.480. The molecule has 0 spiro atoms. The van der Waals surface area contributed by atoms with Crippen molar-refractivity contribution in [3.8, 4) is 11.5 Å². The summed E-state index contributed by atoms with van der Waals surface area (Å²) in [5, 5.41) is 8.86. The molecule has 1 aromatic rings. The van der Waals surface area contributed by atoms with Crippen LogP contribution in [0.1, 0.15) is 18.4 Å². The van der Waals surface area contributed by atoms with Gasteiger partial charge in [-0.2, -0.15) is 0 Å². The molecule has 1 aliphatic heterocycles. The van der Waals surface area contributed by atoms with Crippen LogP contribution in [0.4, 0.5) is 4.39 Å². The number of likely N-dealkylation sites (tertiary alicyclic amines) is 1. The number of benzene rings is 1. The van der Waals surface area contributed by atoms with Crippen LogP contribution in [0.15, 0.2) is 18.2 Å². The molecule has 1 saturated heterocycles. The van der Waals surface area contributed by atoms with Gasteiger partial charge in [0, 0.05) is 19.4 Å². The minimum atomic E-state index is -2.33. The van der Waals surface area contributed by atoms with Crippen LogP contribution in [0.2, 0.25) is 0 Å². The maximum Gasteiger partial charge on any atom is 0.343 e. The number of ether oxygens (including phenoxy) is 2. The van der Waals surface area contributed by atoms with Crippen molar-refractivity contribution in [1.29, 1.82) is 0 Å². The third kappa shape index (κ3) is 3.72. The number of hydrogen-bond donors (Lipinski definition) is 1. The van der Waals surface area contributed by atoms with Gasteiger partial charge in [-0.3, -0.25) is 4.79 Å². The zero-order valence-electron chi connectivity index (χ0n) is 13.2. The molecule has 23 heavy (non-hydrogen) atoms. The van der Waals surface area contributed by atoms with Crippen LogP contribution in [0.3, 0.4) is 0 Å². The number of carbonyl (C=O) groups is 2. The summed E-state index contributed by atoms with van der Waals surface area (Å²) in [4.78, 5) is 24.3. The number of rotatable bonds is 6. The van der Waals surface area contributed by atoms with Gasteiger partial charge in [-0.25, -0.2) is 9.18 Å². The average Bonchev–Trinajstić information content (AvgIpc) is 2.96. The third-order valence-corrected chi connectivity index (χ3v) is 4.05. The van der Waals surface area contributed by atoms with Crippen molar-refractivity contribution in [3.05, 3.63) is 23.8 Å². The Labute approximate surface area is 133 Å². The maximum absolute atomic E-state index is 14.0. The standard InChI is InChI=1S/C16H20FNO5/c1-22-12-4-5-13(23-2)11(9-12)3-6-14(19)18-8-7-16(17,10-18)15(20)21/h4-5,9H,3,6-8,10H2,1-2H3,(H,20,21). The molecule has 0 radical (unpaired) electrons. The largest absolute Gasteiger partial charge is 0.497 e. The molecule has 1 atom stereocenters. The van der Waals surface area contributed by atoms with Crippen LogP contribution in [0.5, 0.6) is 11.5 Å². The lowest BCUT2D eigenvalue weighted by Gasteiger charge is -2.18. The Morgan fingerprint density at radius 2 is 2.09 bits per heavy atom. The van der Waals surface area contributed by atoms with Gasteiger partial charge in [0.15, 0.2) is 0 Å². The van der Waals surface area contributed by atoms with E-state index in [2.05, 4.69) is 0 Å². The summed E-state index contributed by atoms with van der Waals surface area (Å²) in [6.45, 7) is -0.271. The Hall–Kier alpha value is -2.31. The number of amides is 1. The zero-order valence-corrected chi connectivity index (χ0v) is 13.2. The Morgan fingerprint density at radius 3 is 2.65 bits per heavy atom. The molecule has 1 heterocycles. The van der Waals surface area contributed by atoms with Gasteiger partial charge >= 0.3 is 5.97 Å². The summed E-state index contributed by atoms with van der Waals surface area (Å²) < 4.78 is 24.4. The second-order valence-electron chi connectivity index (χ2n) is 5.51. The van der Waals surface area contributed by atoms with E-state index in [1.807, 2.05) is 0 Å². The van der Waals surface area contributed by atoms with Gasteiger partial charge in [0.25, 0.3) is 0 Å². The van der Waals surface area contributed by atoms with Crippen molar-refractivity contribution in [3.63, 3.8) is 0 Å². The fourth-order valence-corrected chi connectivity index (χ4v) is 2.64. The van der Waals surface area contributed by atoms with E-state index >= 15 is 0 Å². The highest BCUT2D eigenvalue weighted by Gasteiger charge is 2.46. The van der Waals surface area contributed by atoms with Gasteiger partial charge in [-0.1, -0.05) is 0 Å². The van der Waals surface area contributed by atoms with E-state index in [-0.39, 0.29) is 25.3 Å². The lowest BCUT2D eigenvalue weighted by atomic mass is 10.1. The van der Waals surface area contributed by atoms with Crippen LogP contribution in [0, 0.1) is 0 Å². The van der Waals surface area contributed by atoms with Gasteiger partial charge in [-0.05, 0) is 30.2 Å². The molecule has 0 saturated carbocycles.